The predicted octanol–water partition coefficient (Wildman–Crippen LogP) is 2.26. The third-order valence-electron chi connectivity index (χ3n) is 2.78. The maximum Gasteiger partial charge on any atom is 0.225 e. The third-order valence-corrected chi connectivity index (χ3v) is 3.68. The van der Waals surface area contributed by atoms with Crippen molar-refractivity contribution >= 4 is 23.5 Å². The van der Waals surface area contributed by atoms with E-state index in [4.69, 9.17) is 0 Å². The van der Waals surface area contributed by atoms with Gasteiger partial charge in [0.15, 0.2) is 5.82 Å². The summed E-state index contributed by atoms with van der Waals surface area (Å²) in [6.45, 7) is 9.33. The van der Waals surface area contributed by atoms with Crippen molar-refractivity contribution in [2.75, 3.05) is 30.7 Å². The van der Waals surface area contributed by atoms with Crippen molar-refractivity contribution in [2.24, 2.45) is 0 Å². The Bertz CT molecular complexity index is 379. The van der Waals surface area contributed by atoms with Crippen molar-refractivity contribution in [1.82, 2.24) is 15.1 Å². The van der Waals surface area contributed by atoms with Crippen molar-refractivity contribution in [3.05, 3.63) is 12.1 Å². The summed E-state index contributed by atoms with van der Waals surface area (Å²) in [5.74, 6) is 1.47. The molecule has 0 unspecified atom stereocenters. The number of carbonyl (C=O) groups is 1. The quantitative estimate of drug-likeness (QED) is 0.741. The van der Waals surface area contributed by atoms with E-state index < -0.39 is 0 Å². The van der Waals surface area contributed by atoms with Gasteiger partial charge in [-0.05, 0) is 25.2 Å². The molecule has 1 amide bonds. The second-order valence-electron chi connectivity index (χ2n) is 4.03. The van der Waals surface area contributed by atoms with E-state index in [0.29, 0.717) is 12.2 Å². The van der Waals surface area contributed by atoms with E-state index in [-0.39, 0.29) is 5.91 Å². The normalized spacial score (nSPS) is 10.7. The van der Waals surface area contributed by atoms with E-state index >= 15 is 0 Å². The zero-order valence-electron chi connectivity index (χ0n) is 11.8. The van der Waals surface area contributed by atoms with Crippen LogP contribution in [0.3, 0.4) is 0 Å². The van der Waals surface area contributed by atoms with Crippen LogP contribution in [0.15, 0.2) is 17.2 Å². The number of amides is 1. The highest BCUT2D eigenvalue weighted by Gasteiger charge is 2.03. The number of anilines is 1. The Morgan fingerprint density at radius 3 is 2.53 bits per heavy atom. The molecule has 1 N–H and O–H groups in total. The lowest BCUT2D eigenvalue weighted by Crippen LogP contribution is -2.25. The summed E-state index contributed by atoms with van der Waals surface area (Å²) in [7, 11) is 0. The Kier molecular flexibility index (Phi) is 7.43. The van der Waals surface area contributed by atoms with E-state index in [1.54, 1.807) is 24.8 Å². The fraction of sp³-hybridized carbons (Fsp3) is 0.615. The van der Waals surface area contributed by atoms with Crippen LogP contribution in [0.2, 0.25) is 0 Å². The number of carbonyl (C=O) groups excluding carboxylic acids is 1. The van der Waals surface area contributed by atoms with E-state index in [1.807, 2.05) is 6.07 Å². The zero-order chi connectivity index (χ0) is 14.1. The van der Waals surface area contributed by atoms with Crippen molar-refractivity contribution in [3.63, 3.8) is 0 Å². The molecule has 1 heterocycles. The average molecular weight is 282 g/mol. The molecule has 6 heteroatoms. The standard InChI is InChI=1S/C13H22N4OS/c1-4-12(18)14-11-7-8-13(16-15-11)19-10-9-17(5-2)6-3/h7-8H,4-6,9-10H2,1-3H3,(H,14,15,18). The Morgan fingerprint density at radius 2 is 2.00 bits per heavy atom. The van der Waals surface area contributed by atoms with Crippen molar-refractivity contribution in [2.45, 2.75) is 32.2 Å². The maximum absolute atomic E-state index is 11.2. The molecule has 0 fully saturated rings. The van der Waals surface area contributed by atoms with Gasteiger partial charge in [-0.2, -0.15) is 0 Å². The minimum absolute atomic E-state index is 0.0452. The number of thioether (sulfide) groups is 1. The van der Waals surface area contributed by atoms with Crippen LogP contribution in [-0.2, 0) is 4.79 Å². The third kappa shape index (κ3) is 6.02. The molecule has 0 bridgehead atoms. The van der Waals surface area contributed by atoms with Crippen molar-refractivity contribution in [3.8, 4) is 0 Å². The number of aromatic nitrogens is 2. The first-order chi connectivity index (χ1) is 9.19. The monoisotopic (exact) mass is 282 g/mol. The van der Waals surface area contributed by atoms with Crippen molar-refractivity contribution < 1.29 is 4.79 Å². The van der Waals surface area contributed by atoms with Crippen LogP contribution >= 0.6 is 11.8 Å². The molecule has 0 aliphatic carbocycles. The minimum atomic E-state index is -0.0452. The van der Waals surface area contributed by atoms with E-state index in [9.17, 15) is 4.79 Å². The summed E-state index contributed by atoms with van der Waals surface area (Å²) in [6.07, 6.45) is 0.446. The molecule has 106 valence electrons. The number of nitrogens with one attached hydrogen (secondary N) is 1. The predicted molar refractivity (Wildman–Crippen MR) is 79.5 cm³/mol. The molecule has 19 heavy (non-hydrogen) atoms. The van der Waals surface area contributed by atoms with Crippen LogP contribution in [0.25, 0.3) is 0 Å². The highest BCUT2D eigenvalue weighted by atomic mass is 32.2. The number of hydrogen-bond acceptors (Lipinski definition) is 5. The summed E-state index contributed by atoms with van der Waals surface area (Å²) in [5.41, 5.74) is 0. The molecule has 0 aromatic carbocycles. The zero-order valence-corrected chi connectivity index (χ0v) is 12.7. The van der Waals surface area contributed by atoms with Gasteiger partial charge in [0.25, 0.3) is 0 Å². The topological polar surface area (TPSA) is 58.1 Å². The number of nitrogens with zero attached hydrogens (tertiary/aromatic N) is 3. The number of hydrogen-bond donors (Lipinski definition) is 1. The lowest BCUT2D eigenvalue weighted by Gasteiger charge is -2.16. The van der Waals surface area contributed by atoms with Gasteiger partial charge in [0, 0.05) is 18.7 Å². The second kappa shape index (κ2) is 8.87. The maximum atomic E-state index is 11.2. The van der Waals surface area contributed by atoms with Crippen LogP contribution in [0.1, 0.15) is 27.2 Å². The molecule has 0 saturated carbocycles. The molecule has 0 saturated heterocycles. The Morgan fingerprint density at radius 1 is 1.26 bits per heavy atom. The Labute approximate surface area is 119 Å². The molecular formula is C13H22N4OS. The molecule has 0 radical (unpaired) electrons. The molecule has 1 aromatic heterocycles. The van der Waals surface area contributed by atoms with E-state index in [0.717, 1.165) is 30.4 Å². The Balaban J connectivity index is 2.37. The van der Waals surface area contributed by atoms with Crippen LogP contribution in [-0.4, -0.2) is 46.4 Å². The molecule has 0 aliphatic rings. The van der Waals surface area contributed by atoms with Crippen LogP contribution in [0.5, 0.6) is 0 Å². The van der Waals surface area contributed by atoms with Gasteiger partial charge in [-0.3, -0.25) is 4.79 Å². The molecule has 1 aromatic rings. The number of rotatable bonds is 8. The fourth-order valence-electron chi connectivity index (χ4n) is 1.51. The molecular weight excluding hydrogens is 260 g/mol. The van der Waals surface area contributed by atoms with Gasteiger partial charge in [0.2, 0.25) is 5.91 Å². The lowest BCUT2D eigenvalue weighted by molar-refractivity contribution is -0.115. The van der Waals surface area contributed by atoms with Gasteiger partial charge in [0.05, 0.1) is 0 Å². The summed E-state index contributed by atoms with van der Waals surface area (Å²) < 4.78 is 0. The highest BCUT2D eigenvalue weighted by molar-refractivity contribution is 7.99. The van der Waals surface area contributed by atoms with Gasteiger partial charge >= 0.3 is 0 Å². The summed E-state index contributed by atoms with van der Waals surface area (Å²) in [5, 5.41) is 11.7. The summed E-state index contributed by atoms with van der Waals surface area (Å²) in [4.78, 5) is 13.6. The SMILES string of the molecule is CCC(=O)Nc1ccc(SCCN(CC)CC)nn1. The Hall–Kier alpha value is -1.14. The average Bonchev–Trinajstić information content (AvgIpc) is 2.45. The molecule has 0 aliphatic heterocycles. The molecule has 0 spiro atoms. The van der Waals surface area contributed by atoms with Gasteiger partial charge in [0.1, 0.15) is 5.03 Å². The molecule has 0 atom stereocenters. The second-order valence-corrected chi connectivity index (χ2v) is 5.15. The summed E-state index contributed by atoms with van der Waals surface area (Å²) >= 11 is 1.68. The first-order valence-corrected chi connectivity index (χ1v) is 7.66. The van der Waals surface area contributed by atoms with E-state index in [2.05, 4.69) is 34.3 Å². The van der Waals surface area contributed by atoms with Crippen LogP contribution in [0, 0.1) is 0 Å². The van der Waals surface area contributed by atoms with Crippen molar-refractivity contribution in [1.29, 1.82) is 0 Å². The van der Waals surface area contributed by atoms with Crippen LogP contribution in [0.4, 0.5) is 5.82 Å². The van der Waals surface area contributed by atoms with Gasteiger partial charge in [-0.1, -0.05) is 20.8 Å². The molecule has 5 nitrogen and oxygen atoms in total. The first-order valence-electron chi connectivity index (χ1n) is 6.68. The fourth-order valence-corrected chi connectivity index (χ4v) is 2.34. The van der Waals surface area contributed by atoms with Crippen LogP contribution < -0.4 is 5.32 Å². The van der Waals surface area contributed by atoms with Gasteiger partial charge < -0.3 is 10.2 Å². The summed E-state index contributed by atoms with van der Waals surface area (Å²) in [6, 6.07) is 3.69. The highest BCUT2D eigenvalue weighted by Crippen LogP contribution is 2.15. The largest absolute Gasteiger partial charge is 0.309 e. The lowest BCUT2D eigenvalue weighted by atomic mass is 10.4. The van der Waals surface area contributed by atoms with E-state index in [1.165, 1.54) is 0 Å². The van der Waals surface area contributed by atoms with Gasteiger partial charge in [-0.15, -0.1) is 22.0 Å². The smallest absolute Gasteiger partial charge is 0.225 e. The van der Waals surface area contributed by atoms with Gasteiger partial charge in [-0.25, -0.2) is 0 Å². The minimum Gasteiger partial charge on any atom is -0.309 e. The first kappa shape index (κ1) is 15.9. The molecule has 1 rings (SSSR count).